The summed E-state index contributed by atoms with van der Waals surface area (Å²) in [6.07, 6.45) is 1.59. The number of hydrogen-bond donors (Lipinski definition) is 0. The van der Waals surface area contributed by atoms with Gasteiger partial charge in [-0.25, -0.2) is 8.42 Å². The zero-order valence-electron chi connectivity index (χ0n) is 17.6. The van der Waals surface area contributed by atoms with Crippen LogP contribution in [0.3, 0.4) is 0 Å². The Labute approximate surface area is 199 Å². The summed E-state index contributed by atoms with van der Waals surface area (Å²) in [7, 11) is -3.53. The Kier molecular flexibility index (Phi) is 6.19. The van der Waals surface area contributed by atoms with Crippen molar-refractivity contribution in [3.63, 3.8) is 0 Å². The van der Waals surface area contributed by atoms with Crippen molar-refractivity contribution in [1.82, 2.24) is 23.8 Å². The first-order valence-corrected chi connectivity index (χ1v) is 13.7. The summed E-state index contributed by atoms with van der Waals surface area (Å²) in [5.41, 5.74) is 1.85. The maximum absolute atomic E-state index is 12.8. The van der Waals surface area contributed by atoms with Crippen molar-refractivity contribution < 1.29 is 13.2 Å². The number of para-hydroxylation sites is 1. The van der Waals surface area contributed by atoms with E-state index in [1.54, 1.807) is 22.3 Å². The number of carbonyl (C=O) groups is 1. The lowest BCUT2D eigenvalue weighted by Crippen LogP contribution is -2.50. The highest BCUT2D eigenvalue weighted by molar-refractivity contribution is 7.99. The number of amides is 1. The van der Waals surface area contributed by atoms with E-state index in [1.807, 2.05) is 59.0 Å². The molecule has 1 amide bonds. The molecule has 0 aliphatic carbocycles. The number of rotatable bonds is 6. The molecule has 0 N–H and O–H groups in total. The van der Waals surface area contributed by atoms with Gasteiger partial charge in [-0.3, -0.25) is 9.20 Å². The van der Waals surface area contributed by atoms with E-state index in [9.17, 15) is 13.2 Å². The van der Waals surface area contributed by atoms with Crippen LogP contribution < -0.4 is 0 Å². The summed E-state index contributed by atoms with van der Waals surface area (Å²) in [5.74, 6) is 0.194. The van der Waals surface area contributed by atoms with Crippen molar-refractivity contribution >= 4 is 60.3 Å². The predicted octanol–water partition coefficient (Wildman–Crippen LogP) is 3.18. The number of thiazole rings is 1. The van der Waals surface area contributed by atoms with Gasteiger partial charge in [0.05, 0.1) is 16.0 Å². The molecule has 1 saturated heterocycles. The second-order valence-corrected chi connectivity index (χ2v) is 11.3. The van der Waals surface area contributed by atoms with Crippen LogP contribution in [0.4, 0.5) is 0 Å². The monoisotopic (exact) mass is 499 g/mol. The SMILES string of the molecule is O=C(CSc1nnc2sc3ccccc3n12)N1CCN(S(=O)(=O)/C=C\c2ccccc2)CC1. The minimum Gasteiger partial charge on any atom is -0.339 e. The van der Waals surface area contributed by atoms with Gasteiger partial charge in [0.25, 0.3) is 0 Å². The molecular formula is C22H21N5O3S3. The molecule has 4 aromatic rings. The average molecular weight is 500 g/mol. The largest absolute Gasteiger partial charge is 0.339 e. The summed E-state index contributed by atoms with van der Waals surface area (Å²) >= 11 is 2.91. The van der Waals surface area contributed by atoms with Gasteiger partial charge in [0.1, 0.15) is 0 Å². The summed E-state index contributed by atoms with van der Waals surface area (Å²) in [4.78, 5) is 15.3. The van der Waals surface area contributed by atoms with Crippen molar-refractivity contribution in [1.29, 1.82) is 0 Å². The predicted molar refractivity (Wildman–Crippen MR) is 132 cm³/mol. The van der Waals surface area contributed by atoms with Gasteiger partial charge < -0.3 is 4.90 Å². The zero-order chi connectivity index (χ0) is 22.8. The lowest BCUT2D eigenvalue weighted by molar-refractivity contribution is -0.129. The van der Waals surface area contributed by atoms with Crippen molar-refractivity contribution in [2.45, 2.75) is 5.16 Å². The third kappa shape index (κ3) is 4.67. The average Bonchev–Trinajstić information content (AvgIpc) is 3.41. The van der Waals surface area contributed by atoms with Crippen LogP contribution >= 0.6 is 23.1 Å². The Morgan fingerprint density at radius 2 is 1.73 bits per heavy atom. The number of benzene rings is 2. The number of sulfonamides is 1. The number of piperazine rings is 1. The highest BCUT2D eigenvalue weighted by Crippen LogP contribution is 2.29. The first kappa shape index (κ1) is 22.1. The van der Waals surface area contributed by atoms with Gasteiger partial charge in [-0.05, 0) is 23.8 Å². The minimum atomic E-state index is -3.53. The number of aromatic nitrogens is 3. The van der Waals surface area contributed by atoms with E-state index in [1.165, 1.54) is 21.5 Å². The maximum Gasteiger partial charge on any atom is 0.236 e. The van der Waals surface area contributed by atoms with Gasteiger partial charge >= 0.3 is 0 Å². The van der Waals surface area contributed by atoms with E-state index in [2.05, 4.69) is 10.2 Å². The molecular weight excluding hydrogens is 478 g/mol. The molecule has 0 unspecified atom stereocenters. The highest BCUT2D eigenvalue weighted by Gasteiger charge is 2.27. The van der Waals surface area contributed by atoms with Crippen LogP contribution in [0.2, 0.25) is 0 Å². The number of thioether (sulfide) groups is 1. The standard InChI is InChI=1S/C22H21N5O3S3/c28-20(16-31-21-23-24-22-27(21)18-8-4-5-9-19(18)32-22)25-11-13-26(14-12-25)33(29,30)15-10-17-6-2-1-3-7-17/h1-10,15H,11-14,16H2/b15-10-. The molecule has 11 heteroatoms. The van der Waals surface area contributed by atoms with E-state index < -0.39 is 10.0 Å². The van der Waals surface area contributed by atoms with E-state index in [0.717, 1.165) is 20.7 Å². The lowest BCUT2D eigenvalue weighted by atomic mass is 10.2. The third-order valence-electron chi connectivity index (χ3n) is 5.42. The number of nitrogens with zero attached hydrogens (tertiary/aromatic N) is 5. The molecule has 3 heterocycles. The molecule has 0 radical (unpaired) electrons. The second kappa shape index (κ2) is 9.26. The highest BCUT2D eigenvalue weighted by atomic mass is 32.2. The minimum absolute atomic E-state index is 0.0341. The molecule has 0 bridgehead atoms. The van der Waals surface area contributed by atoms with E-state index in [4.69, 9.17) is 0 Å². The van der Waals surface area contributed by atoms with E-state index in [-0.39, 0.29) is 24.7 Å². The van der Waals surface area contributed by atoms with E-state index in [0.29, 0.717) is 18.2 Å². The fraction of sp³-hybridized carbons (Fsp3) is 0.227. The Balaban J connectivity index is 1.18. The molecule has 8 nitrogen and oxygen atoms in total. The molecule has 2 aromatic heterocycles. The third-order valence-corrected chi connectivity index (χ3v) is 8.91. The zero-order valence-corrected chi connectivity index (χ0v) is 20.0. The summed E-state index contributed by atoms with van der Waals surface area (Å²) in [6, 6.07) is 17.3. The van der Waals surface area contributed by atoms with Gasteiger partial charge in [0.2, 0.25) is 20.9 Å². The van der Waals surface area contributed by atoms with E-state index >= 15 is 0 Å². The van der Waals surface area contributed by atoms with Gasteiger partial charge in [-0.15, -0.1) is 10.2 Å². The molecule has 1 aliphatic rings. The van der Waals surface area contributed by atoms with Crippen molar-refractivity contribution in [3.8, 4) is 0 Å². The molecule has 0 saturated carbocycles. The summed E-state index contributed by atoms with van der Waals surface area (Å²) in [6.45, 7) is 1.30. The second-order valence-electron chi connectivity index (χ2n) is 7.50. The fourth-order valence-electron chi connectivity index (χ4n) is 3.67. The molecule has 33 heavy (non-hydrogen) atoms. The first-order chi connectivity index (χ1) is 16.0. The van der Waals surface area contributed by atoms with Crippen LogP contribution in [0.1, 0.15) is 5.56 Å². The Morgan fingerprint density at radius 3 is 2.52 bits per heavy atom. The van der Waals surface area contributed by atoms with Crippen LogP contribution in [0.15, 0.2) is 65.2 Å². The molecule has 170 valence electrons. The van der Waals surface area contributed by atoms with Crippen LogP contribution in [-0.2, 0) is 14.8 Å². The van der Waals surface area contributed by atoms with Gasteiger partial charge in [0, 0.05) is 31.6 Å². The summed E-state index contributed by atoms with van der Waals surface area (Å²) < 4.78 is 29.8. The van der Waals surface area contributed by atoms with Gasteiger partial charge in [-0.1, -0.05) is 65.6 Å². The van der Waals surface area contributed by atoms with Crippen molar-refractivity contribution in [2.75, 3.05) is 31.9 Å². The first-order valence-electron chi connectivity index (χ1n) is 10.4. The molecule has 5 rings (SSSR count). The lowest BCUT2D eigenvalue weighted by Gasteiger charge is -2.33. The molecule has 1 fully saturated rings. The molecule has 0 atom stereocenters. The molecule has 1 aliphatic heterocycles. The van der Waals surface area contributed by atoms with Crippen LogP contribution in [0.25, 0.3) is 21.3 Å². The van der Waals surface area contributed by atoms with Crippen molar-refractivity contribution in [2.24, 2.45) is 0 Å². The van der Waals surface area contributed by atoms with Crippen molar-refractivity contribution in [3.05, 3.63) is 65.6 Å². The number of fused-ring (bicyclic) bond motifs is 3. The number of hydrogen-bond acceptors (Lipinski definition) is 7. The van der Waals surface area contributed by atoms with Crippen LogP contribution in [0, 0.1) is 0 Å². The quantitative estimate of drug-likeness (QED) is 0.379. The van der Waals surface area contributed by atoms with Gasteiger partial charge in [-0.2, -0.15) is 4.31 Å². The number of carbonyl (C=O) groups excluding carboxylic acids is 1. The normalized spacial score (nSPS) is 15.7. The summed E-state index contributed by atoms with van der Waals surface area (Å²) in [5, 5.41) is 10.4. The van der Waals surface area contributed by atoms with Crippen LogP contribution in [0.5, 0.6) is 0 Å². The van der Waals surface area contributed by atoms with Crippen LogP contribution in [-0.4, -0.2) is 70.1 Å². The maximum atomic E-state index is 12.8. The Morgan fingerprint density at radius 1 is 1.00 bits per heavy atom. The fourth-order valence-corrected chi connectivity index (χ4v) is 6.72. The van der Waals surface area contributed by atoms with Gasteiger partial charge in [0.15, 0.2) is 5.16 Å². The molecule has 0 spiro atoms. The topological polar surface area (TPSA) is 87.9 Å². The smallest absolute Gasteiger partial charge is 0.236 e. The Hall–Kier alpha value is -2.73. The molecule has 2 aromatic carbocycles. The Bertz CT molecular complexity index is 1420.